The van der Waals surface area contributed by atoms with Gasteiger partial charge in [-0.3, -0.25) is 4.90 Å². The summed E-state index contributed by atoms with van der Waals surface area (Å²) >= 11 is 0. The maximum atomic E-state index is 12.2. The number of amides is 2. The Morgan fingerprint density at radius 3 is 3.04 bits per heavy atom. The second kappa shape index (κ2) is 7.23. The summed E-state index contributed by atoms with van der Waals surface area (Å²) in [5.41, 5.74) is 0.965. The highest BCUT2D eigenvalue weighted by molar-refractivity contribution is 5.74. The Morgan fingerprint density at radius 1 is 1.48 bits per heavy atom. The zero-order valence-corrected chi connectivity index (χ0v) is 13.2. The number of carbonyl (C=O) groups excluding carboxylic acids is 1. The van der Waals surface area contributed by atoms with Gasteiger partial charge in [0.05, 0.1) is 19.1 Å². The van der Waals surface area contributed by atoms with Crippen molar-refractivity contribution in [3.8, 4) is 0 Å². The lowest BCUT2D eigenvalue weighted by atomic mass is 10.2. The van der Waals surface area contributed by atoms with E-state index in [4.69, 9.17) is 4.42 Å². The van der Waals surface area contributed by atoms with Crippen LogP contribution in [-0.4, -0.2) is 52.0 Å². The molecule has 0 aliphatic carbocycles. The van der Waals surface area contributed by atoms with Crippen LogP contribution in [0.15, 0.2) is 41.5 Å². The highest BCUT2D eigenvalue weighted by atomic mass is 16.3. The summed E-state index contributed by atoms with van der Waals surface area (Å²) in [6, 6.07) is 3.96. The van der Waals surface area contributed by atoms with Gasteiger partial charge in [0, 0.05) is 43.6 Å². The van der Waals surface area contributed by atoms with Gasteiger partial charge in [-0.1, -0.05) is 0 Å². The standard InChI is InChI=1S/C16H21N5O2/c1-20(11-15-17-5-2-6-18-15)14-3-7-21(10-14)16(22)19-9-13-4-8-23-12-13/h2,4-6,8,12,14H,3,7,9-11H2,1H3,(H,19,22)/t14-/m0/s1. The zero-order valence-electron chi connectivity index (χ0n) is 13.2. The number of hydrogen-bond acceptors (Lipinski definition) is 5. The summed E-state index contributed by atoms with van der Waals surface area (Å²) in [4.78, 5) is 24.8. The van der Waals surface area contributed by atoms with E-state index in [-0.39, 0.29) is 6.03 Å². The minimum Gasteiger partial charge on any atom is -0.472 e. The zero-order chi connectivity index (χ0) is 16.1. The molecule has 1 fully saturated rings. The Labute approximate surface area is 135 Å². The number of rotatable bonds is 5. The summed E-state index contributed by atoms with van der Waals surface area (Å²) in [5.74, 6) is 0.804. The SMILES string of the molecule is CN(Cc1ncccn1)[C@H]1CCN(C(=O)NCc2ccoc2)C1. The Kier molecular flexibility index (Phi) is 4.87. The highest BCUT2D eigenvalue weighted by Crippen LogP contribution is 2.16. The van der Waals surface area contributed by atoms with Gasteiger partial charge in [-0.05, 0) is 25.6 Å². The molecule has 1 saturated heterocycles. The van der Waals surface area contributed by atoms with Crippen molar-refractivity contribution in [2.24, 2.45) is 0 Å². The number of carbonyl (C=O) groups is 1. The van der Waals surface area contributed by atoms with Crippen LogP contribution >= 0.6 is 0 Å². The first kappa shape index (κ1) is 15.5. The van der Waals surface area contributed by atoms with E-state index in [0.29, 0.717) is 19.1 Å². The van der Waals surface area contributed by atoms with Gasteiger partial charge in [0.25, 0.3) is 0 Å². The predicted molar refractivity (Wildman–Crippen MR) is 84.4 cm³/mol. The first-order chi connectivity index (χ1) is 11.2. The summed E-state index contributed by atoms with van der Waals surface area (Å²) in [6.07, 6.45) is 7.71. The summed E-state index contributed by atoms with van der Waals surface area (Å²) in [7, 11) is 2.05. The monoisotopic (exact) mass is 315 g/mol. The van der Waals surface area contributed by atoms with E-state index < -0.39 is 0 Å². The van der Waals surface area contributed by atoms with Gasteiger partial charge in [0.1, 0.15) is 5.82 Å². The van der Waals surface area contributed by atoms with Crippen molar-refractivity contribution in [1.82, 2.24) is 25.1 Å². The van der Waals surface area contributed by atoms with E-state index in [1.165, 1.54) is 0 Å². The second-order valence-corrected chi connectivity index (χ2v) is 5.76. The van der Waals surface area contributed by atoms with Crippen LogP contribution in [0.2, 0.25) is 0 Å². The Balaban J connectivity index is 1.46. The van der Waals surface area contributed by atoms with Crippen LogP contribution in [0.5, 0.6) is 0 Å². The van der Waals surface area contributed by atoms with Crippen LogP contribution < -0.4 is 5.32 Å². The lowest BCUT2D eigenvalue weighted by Gasteiger charge is -2.24. The minimum absolute atomic E-state index is 0.0296. The van der Waals surface area contributed by atoms with E-state index in [9.17, 15) is 4.79 Å². The maximum Gasteiger partial charge on any atom is 0.317 e. The van der Waals surface area contributed by atoms with Crippen LogP contribution in [0.3, 0.4) is 0 Å². The van der Waals surface area contributed by atoms with Crippen molar-refractivity contribution in [3.05, 3.63) is 48.4 Å². The van der Waals surface area contributed by atoms with E-state index in [1.54, 1.807) is 24.9 Å². The molecule has 1 aliphatic heterocycles. The number of hydrogen-bond donors (Lipinski definition) is 1. The molecule has 0 radical (unpaired) electrons. The number of aromatic nitrogens is 2. The fourth-order valence-corrected chi connectivity index (χ4v) is 2.73. The van der Waals surface area contributed by atoms with Gasteiger partial charge < -0.3 is 14.6 Å². The van der Waals surface area contributed by atoms with Gasteiger partial charge >= 0.3 is 6.03 Å². The molecule has 3 heterocycles. The lowest BCUT2D eigenvalue weighted by Crippen LogP contribution is -2.41. The lowest BCUT2D eigenvalue weighted by molar-refractivity contribution is 0.195. The third-order valence-corrected chi connectivity index (χ3v) is 4.11. The number of likely N-dealkylation sites (tertiary alicyclic amines) is 1. The molecule has 0 unspecified atom stereocenters. The molecule has 0 saturated carbocycles. The number of urea groups is 1. The fourth-order valence-electron chi connectivity index (χ4n) is 2.73. The van der Waals surface area contributed by atoms with Crippen LogP contribution in [-0.2, 0) is 13.1 Å². The minimum atomic E-state index is -0.0296. The molecule has 0 aromatic carbocycles. The van der Waals surface area contributed by atoms with Crippen molar-refractivity contribution in [2.45, 2.75) is 25.6 Å². The van der Waals surface area contributed by atoms with Crippen molar-refractivity contribution in [3.63, 3.8) is 0 Å². The predicted octanol–water partition coefficient (Wildman–Crippen LogP) is 1.49. The van der Waals surface area contributed by atoms with E-state index >= 15 is 0 Å². The number of likely N-dealkylation sites (N-methyl/N-ethyl adjacent to an activating group) is 1. The smallest absolute Gasteiger partial charge is 0.317 e. The molecule has 2 aromatic rings. The highest BCUT2D eigenvalue weighted by Gasteiger charge is 2.29. The molecule has 0 bridgehead atoms. The summed E-state index contributed by atoms with van der Waals surface area (Å²) in [6.45, 7) is 2.67. The first-order valence-corrected chi connectivity index (χ1v) is 7.72. The van der Waals surface area contributed by atoms with Crippen LogP contribution in [0, 0.1) is 0 Å². The summed E-state index contributed by atoms with van der Waals surface area (Å²) in [5, 5.41) is 2.92. The van der Waals surface area contributed by atoms with Crippen molar-refractivity contribution in [1.29, 1.82) is 0 Å². The second-order valence-electron chi connectivity index (χ2n) is 5.76. The van der Waals surface area contributed by atoms with Crippen LogP contribution in [0.25, 0.3) is 0 Å². The largest absolute Gasteiger partial charge is 0.472 e. The van der Waals surface area contributed by atoms with Crippen molar-refractivity contribution in [2.75, 3.05) is 20.1 Å². The third kappa shape index (κ3) is 4.07. The van der Waals surface area contributed by atoms with Gasteiger partial charge in [0.2, 0.25) is 0 Å². The fraction of sp³-hybridized carbons (Fsp3) is 0.438. The van der Waals surface area contributed by atoms with Crippen LogP contribution in [0.1, 0.15) is 17.8 Å². The number of furan rings is 1. The Morgan fingerprint density at radius 2 is 2.30 bits per heavy atom. The maximum absolute atomic E-state index is 12.2. The van der Waals surface area contributed by atoms with E-state index in [0.717, 1.165) is 30.9 Å². The third-order valence-electron chi connectivity index (χ3n) is 4.11. The molecule has 7 heteroatoms. The molecule has 2 aromatic heterocycles. The molecular weight excluding hydrogens is 294 g/mol. The molecule has 1 aliphatic rings. The van der Waals surface area contributed by atoms with Gasteiger partial charge in [0.15, 0.2) is 0 Å². The first-order valence-electron chi connectivity index (χ1n) is 7.72. The number of nitrogens with zero attached hydrogens (tertiary/aromatic N) is 4. The van der Waals surface area contributed by atoms with Crippen molar-refractivity contribution < 1.29 is 9.21 Å². The Hall–Kier alpha value is -2.41. The molecule has 2 amide bonds. The quantitative estimate of drug-likeness (QED) is 0.905. The van der Waals surface area contributed by atoms with Crippen molar-refractivity contribution >= 4 is 6.03 Å². The van der Waals surface area contributed by atoms with Gasteiger partial charge in [-0.25, -0.2) is 14.8 Å². The molecule has 122 valence electrons. The molecule has 7 nitrogen and oxygen atoms in total. The average molecular weight is 315 g/mol. The topological polar surface area (TPSA) is 74.5 Å². The normalized spacial score (nSPS) is 17.7. The molecule has 1 atom stereocenters. The van der Waals surface area contributed by atoms with E-state index in [2.05, 4.69) is 20.2 Å². The average Bonchev–Trinajstić information content (AvgIpc) is 3.25. The molecular formula is C16H21N5O2. The molecule has 1 N–H and O–H groups in total. The Bertz CT molecular complexity index is 617. The van der Waals surface area contributed by atoms with Crippen LogP contribution in [0.4, 0.5) is 4.79 Å². The molecule has 3 rings (SSSR count). The summed E-state index contributed by atoms with van der Waals surface area (Å²) < 4.78 is 4.99. The van der Waals surface area contributed by atoms with E-state index in [1.807, 2.05) is 24.1 Å². The molecule has 0 spiro atoms. The van der Waals surface area contributed by atoms with Gasteiger partial charge in [-0.15, -0.1) is 0 Å². The molecule has 23 heavy (non-hydrogen) atoms. The number of nitrogens with one attached hydrogen (secondary N) is 1. The van der Waals surface area contributed by atoms with Gasteiger partial charge in [-0.2, -0.15) is 0 Å².